The molecule has 33 heavy (non-hydrogen) atoms. The van der Waals surface area contributed by atoms with Crippen LogP contribution in [0.2, 0.25) is 0 Å². The van der Waals surface area contributed by atoms with E-state index in [0.29, 0.717) is 11.3 Å². The van der Waals surface area contributed by atoms with Gasteiger partial charge in [0.25, 0.3) is 0 Å². The van der Waals surface area contributed by atoms with Crippen LogP contribution < -0.4 is 42.0 Å². The van der Waals surface area contributed by atoms with Crippen molar-refractivity contribution in [2.45, 2.75) is 6.92 Å². The minimum absolute atomic E-state index is 0. The van der Waals surface area contributed by atoms with E-state index < -0.39 is 0 Å². The number of aromatic hydroxyl groups is 2. The first-order valence-electron chi connectivity index (χ1n) is 9.15. The Morgan fingerprint density at radius 1 is 0.727 bits per heavy atom. The van der Waals surface area contributed by atoms with E-state index in [1.54, 1.807) is 24.5 Å². The summed E-state index contributed by atoms with van der Waals surface area (Å²) in [5, 5.41) is 20.5. The van der Waals surface area contributed by atoms with E-state index >= 15 is 0 Å². The average Bonchev–Trinajstić information content (AvgIpc) is 2.74. The number of hydrogen-bond acceptors (Lipinski definition) is 5. The Morgan fingerprint density at radius 2 is 1.30 bits per heavy atom. The molecule has 2 N–H and O–H groups in total. The number of nitrogens with zero attached hydrogens (tertiary/aromatic N) is 2. The van der Waals surface area contributed by atoms with Gasteiger partial charge in [-0.05, 0) is 36.8 Å². The van der Waals surface area contributed by atoms with E-state index in [1.165, 1.54) is 7.11 Å². The molecule has 0 saturated carbocycles. The summed E-state index contributed by atoms with van der Waals surface area (Å²) in [5.41, 5.74) is 5.46. The number of benzene rings is 2. The van der Waals surface area contributed by atoms with Gasteiger partial charge in [-0.25, -0.2) is 0 Å². The van der Waals surface area contributed by atoms with Crippen molar-refractivity contribution in [3.05, 3.63) is 78.6 Å². The van der Waals surface area contributed by atoms with Crippen LogP contribution in [0.4, 0.5) is 0 Å². The van der Waals surface area contributed by atoms with Crippen LogP contribution in [0.25, 0.3) is 33.6 Å². The standard InChI is InChI=1S/C24H20N2O3.3ClH.Mn/c1-15-6-9-18(22(27)12-15)16-7-10-20(25-13-16)21-11-8-17(14-26-21)19-4-3-5-23(29-2)24(19)28;;;;/h3-14,27-28H,1-2H3;3*1H;/q;;;;+3/p-3. The van der Waals surface area contributed by atoms with Crippen LogP contribution >= 0.6 is 0 Å². The van der Waals surface area contributed by atoms with Gasteiger partial charge >= 0.3 is 17.1 Å². The summed E-state index contributed by atoms with van der Waals surface area (Å²) >= 11 is 0. The summed E-state index contributed by atoms with van der Waals surface area (Å²) in [7, 11) is 1.52. The molecule has 0 aliphatic heterocycles. The third-order valence-corrected chi connectivity index (χ3v) is 4.78. The van der Waals surface area contributed by atoms with Crippen molar-refractivity contribution in [1.82, 2.24) is 9.97 Å². The van der Waals surface area contributed by atoms with Crippen LogP contribution in [0.15, 0.2) is 73.1 Å². The maximum absolute atomic E-state index is 10.3. The molecule has 0 radical (unpaired) electrons. The minimum Gasteiger partial charge on any atom is -1.00 e. The van der Waals surface area contributed by atoms with Crippen molar-refractivity contribution in [3.8, 4) is 50.9 Å². The summed E-state index contributed by atoms with van der Waals surface area (Å²) in [4.78, 5) is 8.98. The molecule has 2 heterocycles. The number of hydrogen-bond donors (Lipinski definition) is 2. The third kappa shape index (κ3) is 6.53. The molecular weight excluding hydrogens is 526 g/mol. The maximum atomic E-state index is 10.3. The van der Waals surface area contributed by atoms with Gasteiger partial charge in [-0.1, -0.05) is 36.4 Å². The molecule has 0 spiro atoms. The second-order valence-corrected chi connectivity index (χ2v) is 6.74. The van der Waals surface area contributed by atoms with Crippen molar-refractivity contribution in [2.24, 2.45) is 0 Å². The molecule has 0 atom stereocenters. The Hall–Kier alpha value is -2.47. The smallest absolute Gasteiger partial charge is 1.00 e. The molecule has 4 aromatic rings. The van der Waals surface area contributed by atoms with Crippen molar-refractivity contribution in [1.29, 1.82) is 0 Å². The van der Waals surface area contributed by atoms with Crippen molar-refractivity contribution >= 4 is 0 Å². The van der Waals surface area contributed by atoms with E-state index in [-0.39, 0.29) is 65.8 Å². The summed E-state index contributed by atoms with van der Waals surface area (Å²) in [6.45, 7) is 1.94. The Morgan fingerprint density at radius 3 is 1.79 bits per heavy atom. The Bertz CT molecular complexity index is 1170. The first-order chi connectivity index (χ1) is 14.1. The molecule has 4 rings (SSSR count). The van der Waals surface area contributed by atoms with Crippen LogP contribution in [0.1, 0.15) is 5.56 Å². The number of phenolic OH excluding ortho intramolecular Hbond substituents is 2. The number of halogens is 3. The molecule has 5 nitrogen and oxygen atoms in total. The molecule has 2 aromatic heterocycles. The zero-order valence-corrected chi connectivity index (χ0v) is 21.1. The van der Waals surface area contributed by atoms with E-state index in [2.05, 4.69) is 9.97 Å². The number of methoxy groups -OCH3 is 1. The summed E-state index contributed by atoms with van der Waals surface area (Å²) < 4.78 is 5.16. The monoisotopic (exact) mass is 544 g/mol. The Labute approximate surface area is 222 Å². The van der Waals surface area contributed by atoms with Crippen molar-refractivity contribution in [3.63, 3.8) is 0 Å². The van der Waals surface area contributed by atoms with Gasteiger partial charge in [0.2, 0.25) is 0 Å². The topological polar surface area (TPSA) is 75.5 Å². The number of ether oxygens (including phenoxy) is 1. The van der Waals surface area contributed by atoms with Gasteiger partial charge in [-0.3, -0.25) is 9.97 Å². The van der Waals surface area contributed by atoms with Gasteiger partial charge < -0.3 is 52.2 Å². The zero-order valence-electron chi connectivity index (χ0n) is 17.6. The number of pyridine rings is 2. The number of phenols is 2. The molecule has 0 amide bonds. The predicted octanol–water partition coefficient (Wildman–Crippen LogP) is -3.78. The summed E-state index contributed by atoms with van der Waals surface area (Å²) in [5.74, 6) is 0.744. The number of rotatable bonds is 4. The summed E-state index contributed by atoms with van der Waals surface area (Å²) in [6.07, 6.45) is 3.43. The summed E-state index contributed by atoms with van der Waals surface area (Å²) in [6, 6.07) is 18.5. The van der Waals surface area contributed by atoms with Crippen LogP contribution in [-0.4, -0.2) is 27.3 Å². The molecule has 0 fully saturated rings. The fourth-order valence-corrected chi connectivity index (χ4v) is 3.22. The quantitative estimate of drug-likeness (QED) is 0.258. The Kier molecular flexibility index (Phi) is 12.3. The van der Waals surface area contributed by atoms with Gasteiger partial charge in [-0.15, -0.1) is 0 Å². The Balaban J connectivity index is 0.00000256. The number of para-hydroxylation sites is 1. The largest absolute Gasteiger partial charge is 3.00 e. The van der Waals surface area contributed by atoms with E-state index in [0.717, 1.165) is 33.6 Å². The predicted molar refractivity (Wildman–Crippen MR) is 113 cm³/mol. The molecule has 0 aliphatic rings. The van der Waals surface area contributed by atoms with Gasteiger partial charge in [0.05, 0.1) is 18.5 Å². The molecule has 0 bridgehead atoms. The van der Waals surface area contributed by atoms with E-state index in [1.807, 2.05) is 55.5 Å². The van der Waals surface area contributed by atoms with Gasteiger partial charge in [0.15, 0.2) is 11.5 Å². The van der Waals surface area contributed by atoms with Crippen molar-refractivity contribution < 1.29 is 69.2 Å². The third-order valence-electron chi connectivity index (χ3n) is 4.78. The number of aryl methyl sites for hydroxylation is 1. The molecule has 172 valence electrons. The fourth-order valence-electron chi connectivity index (χ4n) is 3.22. The molecule has 9 heteroatoms. The van der Waals surface area contributed by atoms with E-state index in [4.69, 9.17) is 4.74 Å². The fraction of sp³-hybridized carbons (Fsp3) is 0.0833. The van der Waals surface area contributed by atoms with Crippen LogP contribution in [0.5, 0.6) is 17.2 Å². The zero-order chi connectivity index (χ0) is 20.4. The molecular formula is C24H20Cl3MnN2O3. The van der Waals surface area contributed by atoms with Crippen LogP contribution in [0.3, 0.4) is 0 Å². The van der Waals surface area contributed by atoms with Gasteiger partial charge in [0.1, 0.15) is 5.75 Å². The molecule has 0 aliphatic carbocycles. The first-order valence-corrected chi connectivity index (χ1v) is 9.15. The minimum atomic E-state index is 0. The molecule has 2 aromatic carbocycles. The number of aromatic nitrogens is 2. The molecule has 0 unspecified atom stereocenters. The normalized spacial score (nSPS) is 9.39. The second-order valence-electron chi connectivity index (χ2n) is 6.74. The second kappa shape index (κ2) is 13.3. The van der Waals surface area contributed by atoms with Crippen LogP contribution in [-0.2, 0) is 17.1 Å². The van der Waals surface area contributed by atoms with Gasteiger partial charge in [0, 0.05) is 34.6 Å². The first kappa shape index (κ1) is 30.5. The maximum Gasteiger partial charge on any atom is 3.00 e. The average molecular weight is 546 g/mol. The van der Waals surface area contributed by atoms with Crippen LogP contribution in [0, 0.1) is 6.92 Å². The SMILES string of the molecule is COc1cccc(-c2ccc(-c3ccc(-c4ccc(C)cc4O)cn3)nc2)c1O.[Cl-].[Cl-].[Cl-].[Mn+3]. The van der Waals surface area contributed by atoms with Gasteiger partial charge in [-0.2, -0.15) is 0 Å². The van der Waals surface area contributed by atoms with E-state index in [9.17, 15) is 10.2 Å². The van der Waals surface area contributed by atoms with Crippen molar-refractivity contribution in [2.75, 3.05) is 7.11 Å². The molecule has 0 saturated heterocycles.